The van der Waals surface area contributed by atoms with Gasteiger partial charge in [-0.3, -0.25) is 9.69 Å². The first-order valence-corrected chi connectivity index (χ1v) is 9.93. The number of piperidine rings is 1. The van der Waals surface area contributed by atoms with Gasteiger partial charge in [0.2, 0.25) is 0 Å². The molecule has 1 spiro atoms. The van der Waals surface area contributed by atoms with Crippen molar-refractivity contribution in [1.82, 2.24) is 4.90 Å². The predicted molar refractivity (Wildman–Crippen MR) is 108 cm³/mol. The summed E-state index contributed by atoms with van der Waals surface area (Å²) in [6.45, 7) is 7.59. The van der Waals surface area contributed by atoms with E-state index in [4.69, 9.17) is 4.74 Å². The average molecular weight is 382 g/mol. The van der Waals surface area contributed by atoms with Gasteiger partial charge in [-0.15, -0.1) is 0 Å². The normalized spacial score (nSPS) is 23.4. The molecule has 1 amide bonds. The molecule has 2 heterocycles. The number of anilines is 1. The number of carbonyl (C=O) groups is 1. The fourth-order valence-corrected chi connectivity index (χ4v) is 4.41. The van der Waals surface area contributed by atoms with Crippen molar-refractivity contribution < 1.29 is 13.9 Å². The van der Waals surface area contributed by atoms with Crippen LogP contribution in [0.2, 0.25) is 0 Å². The first-order chi connectivity index (χ1) is 13.4. The summed E-state index contributed by atoms with van der Waals surface area (Å²) in [4.78, 5) is 16.6. The molecule has 4 rings (SSSR count). The van der Waals surface area contributed by atoms with E-state index in [1.807, 2.05) is 0 Å². The molecule has 1 unspecified atom stereocenters. The Bertz CT molecular complexity index is 867. The standard InChI is InChI=1S/C23H27FN2O2/c1-17-4-5-19(18(2)12-17)13-25-11-3-10-23(15-25)16-26(22(27)14-28-23)21-8-6-20(24)7-9-21/h4-9,12H,3,10-11,13-16H2,1-2H3. The zero-order valence-corrected chi connectivity index (χ0v) is 16.6. The summed E-state index contributed by atoms with van der Waals surface area (Å²) in [5, 5.41) is 0. The van der Waals surface area contributed by atoms with Crippen LogP contribution in [0.4, 0.5) is 10.1 Å². The van der Waals surface area contributed by atoms with E-state index in [9.17, 15) is 9.18 Å². The van der Waals surface area contributed by atoms with Crippen LogP contribution >= 0.6 is 0 Å². The fraction of sp³-hybridized carbons (Fsp3) is 0.435. The zero-order valence-electron chi connectivity index (χ0n) is 16.6. The monoisotopic (exact) mass is 382 g/mol. The SMILES string of the molecule is Cc1ccc(CN2CCCC3(C2)CN(c2ccc(F)cc2)C(=O)CO3)c(C)c1. The largest absolute Gasteiger partial charge is 0.362 e. The van der Waals surface area contributed by atoms with Crippen LogP contribution in [0.25, 0.3) is 0 Å². The number of halogens is 1. The molecule has 2 aliphatic rings. The molecule has 2 aliphatic heterocycles. The molecule has 0 radical (unpaired) electrons. The lowest BCUT2D eigenvalue weighted by atomic mass is 9.90. The molecule has 2 aromatic rings. The summed E-state index contributed by atoms with van der Waals surface area (Å²) < 4.78 is 19.4. The van der Waals surface area contributed by atoms with Gasteiger partial charge in [0.05, 0.1) is 12.1 Å². The second-order valence-corrected chi connectivity index (χ2v) is 8.17. The third kappa shape index (κ3) is 3.96. The molecule has 5 heteroatoms. The first-order valence-electron chi connectivity index (χ1n) is 9.93. The Balaban J connectivity index is 1.50. The minimum atomic E-state index is -0.362. The van der Waals surface area contributed by atoms with Crippen molar-refractivity contribution in [2.24, 2.45) is 0 Å². The maximum absolute atomic E-state index is 13.3. The first kappa shape index (κ1) is 19.1. The van der Waals surface area contributed by atoms with Crippen molar-refractivity contribution in [2.75, 3.05) is 31.1 Å². The number of carbonyl (C=O) groups excluding carboxylic acids is 1. The maximum Gasteiger partial charge on any atom is 0.253 e. The highest BCUT2D eigenvalue weighted by Gasteiger charge is 2.43. The van der Waals surface area contributed by atoms with Crippen LogP contribution in [0, 0.1) is 19.7 Å². The van der Waals surface area contributed by atoms with Crippen molar-refractivity contribution in [2.45, 2.75) is 38.8 Å². The second kappa shape index (κ2) is 7.64. The van der Waals surface area contributed by atoms with E-state index < -0.39 is 0 Å². The minimum Gasteiger partial charge on any atom is -0.362 e. The Morgan fingerprint density at radius 3 is 2.64 bits per heavy atom. The van der Waals surface area contributed by atoms with E-state index in [0.29, 0.717) is 6.54 Å². The third-order valence-corrected chi connectivity index (χ3v) is 5.90. The smallest absolute Gasteiger partial charge is 0.253 e. The summed E-state index contributed by atoms with van der Waals surface area (Å²) in [5.41, 5.74) is 4.30. The number of ether oxygens (including phenoxy) is 1. The van der Waals surface area contributed by atoms with Crippen molar-refractivity contribution >= 4 is 11.6 Å². The van der Waals surface area contributed by atoms with Crippen molar-refractivity contribution in [3.8, 4) is 0 Å². The molecule has 0 aliphatic carbocycles. The molecule has 148 valence electrons. The van der Waals surface area contributed by atoms with Gasteiger partial charge in [0.25, 0.3) is 5.91 Å². The molecule has 2 saturated heterocycles. The summed E-state index contributed by atoms with van der Waals surface area (Å²) >= 11 is 0. The molecule has 0 bridgehead atoms. The number of amides is 1. The number of benzene rings is 2. The van der Waals surface area contributed by atoms with Gasteiger partial charge in [0.1, 0.15) is 12.4 Å². The Kier molecular flexibility index (Phi) is 5.21. The lowest BCUT2D eigenvalue weighted by Crippen LogP contribution is -2.61. The highest BCUT2D eigenvalue weighted by molar-refractivity contribution is 5.95. The van der Waals surface area contributed by atoms with Crippen LogP contribution in [0.1, 0.15) is 29.5 Å². The van der Waals surface area contributed by atoms with E-state index >= 15 is 0 Å². The van der Waals surface area contributed by atoms with Crippen molar-refractivity contribution in [1.29, 1.82) is 0 Å². The molecular formula is C23H27FN2O2. The van der Waals surface area contributed by atoms with Gasteiger partial charge in [0.15, 0.2) is 0 Å². The quantitative estimate of drug-likeness (QED) is 0.809. The molecule has 0 saturated carbocycles. The van der Waals surface area contributed by atoms with E-state index in [0.717, 1.165) is 38.2 Å². The number of aryl methyl sites for hydroxylation is 2. The van der Waals surface area contributed by atoms with Gasteiger partial charge >= 0.3 is 0 Å². The Morgan fingerprint density at radius 1 is 1.11 bits per heavy atom. The van der Waals surface area contributed by atoms with Gasteiger partial charge in [-0.1, -0.05) is 23.8 Å². The van der Waals surface area contributed by atoms with Crippen molar-refractivity contribution in [3.05, 3.63) is 65.0 Å². The molecule has 1 atom stereocenters. The van der Waals surface area contributed by atoms with Crippen LogP contribution in [0.5, 0.6) is 0 Å². The predicted octanol–water partition coefficient (Wildman–Crippen LogP) is 3.84. The number of rotatable bonds is 3. The molecule has 0 N–H and O–H groups in total. The van der Waals surface area contributed by atoms with Crippen LogP contribution in [-0.4, -0.2) is 42.6 Å². The zero-order chi connectivity index (χ0) is 19.7. The maximum atomic E-state index is 13.3. The van der Waals surface area contributed by atoms with E-state index in [-0.39, 0.29) is 23.9 Å². The summed E-state index contributed by atoms with van der Waals surface area (Å²) in [6.07, 6.45) is 1.97. The Hall–Kier alpha value is -2.24. The average Bonchev–Trinajstić information content (AvgIpc) is 2.67. The van der Waals surface area contributed by atoms with Gasteiger partial charge in [-0.25, -0.2) is 4.39 Å². The Labute approximate surface area is 165 Å². The molecule has 2 aromatic carbocycles. The lowest BCUT2D eigenvalue weighted by molar-refractivity contribution is -0.146. The van der Waals surface area contributed by atoms with Crippen molar-refractivity contribution in [3.63, 3.8) is 0 Å². The summed E-state index contributed by atoms with van der Waals surface area (Å²) in [7, 11) is 0. The highest BCUT2D eigenvalue weighted by Crippen LogP contribution is 2.32. The fourth-order valence-electron chi connectivity index (χ4n) is 4.41. The third-order valence-electron chi connectivity index (χ3n) is 5.90. The van der Waals surface area contributed by atoms with E-state index in [1.165, 1.54) is 28.8 Å². The van der Waals surface area contributed by atoms with Crippen LogP contribution in [0.3, 0.4) is 0 Å². The van der Waals surface area contributed by atoms with Crippen LogP contribution < -0.4 is 4.90 Å². The lowest BCUT2D eigenvalue weighted by Gasteiger charge is -2.47. The molecule has 2 fully saturated rings. The summed E-state index contributed by atoms with van der Waals surface area (Å²) in [5.74, 6) is -0.361. The summed E-state index contributed by atoms with van der Waals surface area (Å²) in [6, 6.07) is 12.7. The van der Waals surface area contributed by atoms with Crippen LogP contribution in [-0.2, 0) is 16.1 Å². The second-order valence-electron chi connectivity index (χ2n) is 8.17. The number of hydrogen-bond acceptors (Lipinski definition) is 3. The van der Waals surface area contributed by atoms with Gasteiger partial charge < -0.3 is 9.64 Å². The molecule has 4 nitrogen and oxygen atoms in total. The highest BCUT2D eigenvalue weighted by atomic mass is 19.1. The number of hydrogen-bond donors (Lipinski definition) is 0. The number of morpholine rings is 1. The van der Waals surface area contributed by atoms with E-state index in [2.05, 4.69) is 36.9 Å². The molecule has 0 aromatic heterocycles. The van der Waals surface area contributed by atoms with Gasteiger partial charge in [-0.05, 0) is 68.6 Å². The van der Waals surface area contributed by atoms with Gasteiger partial charge in [-0.2, -0.15) is 0 Å². The minimum absolute atomic E-state index is 0.0660. The molecular weight excluding hydrogens is 355 g/mol. The number of nitrogens with zero attached hydrogens (tertiary/aromatic N) is 2. The Morgan fingerprint density at radius 2 is 1.89 bits per heavy atom. The molecule has 28 heavy (non-hydrogen) atoms. The topological polar surface area (TPSA) is 32.8 Å². The van der Waals surface area contributed by atoms with Gasteiger partial charge in [0, 0.05) is 18.8 Å². The van der Waals surface area contributed by atoms with Crippen LogP contribution in [0.15, 0.2) is 42.5 Å². The van der Waals surface area contributed by atoms with E-state index in [1.54, 1.807) is 17.0 Å². The number of likely N-dealkylation sites (tertiary alicyclic amines) is 1.